The van der Waals surface area contributed by atoms with E-state index in [9.17, 15) is 9.18 Å². The predicted molar refractivity (Wildman–Crippen MR) is 96.5 cm³/mol. The minimum atomic E-state index is -0.486. The molecule has 1 aliphatic rings. The second-order valence-electron chi connectivity index (χ2n) is 6.33. The van der Waals surface area contributed by atoms with Crippen LogP contribution in [-0.2, 0) is 11.8 Å². The summed E-state index contributed by atoms with van der Waals surface area (Å²) in [7, 11) is 1.51. The van der Waals surface area contributed by atoms with Crippen LogP contribution < -0.4 is 15.7 Å². The van der Waals surface area contributed by atoms with Crippen LogP contribution in [0.15, 0.2) is 29.2 Å². The third-order valence-electron chi connectivity index (χ3n) is 4.27. The number of aromatic nitrogens is 6. The first-order valence-electron chi connectivity index (χ1n) is 8.65. The van der Waals surface area contributed by atoms with Gasteiger partial charge in [0.15, 0.2) is 5.82 Å². The van der Waals surface area contributed by atoms with Gasteiger partial charge in [-0.3, -0.25) is 0 Å². The summed E-state index contributed by atoms with van der Waals surface area (Å²) in [5.74, 6) is 0.217. The average molecular weight is 387 g/mol. The molecule has 0 radical (unpaired) electrons. The Labute approximate surface area is 158 Å². The molecule has 10 nitrogen and oxygen atoms in total. The normalized spacial score (nSPS) is 16.3. The lowest BCUT2D eigenvalue weighted by molar-refractivity contribution is 0.141. The summed E-state index contributed by atoms with van der Waals surface area (Å²) in [6.45, 7) is 2.66. The largest absolute Gasteiger partial charge is 0.486 e. The lowest BCUT2D eigenvalue weighted by Crippen LogP contribution is -2.24. The summed E-state index contributed by atoms with van der Waals surface area (Å²) < 4.78 is 27.0. The number of halogens is 1. The number of nitrogens with zero attached hydrogens (tertiary/aromatic N) is 6. The second-order valence-corrected chi connectivity index (χ2v) is 6.33. The monoisotopic (exact) mass is 387 g/mol. The van der Waals surface area contributed by atoms with Crippen LogP contribution in [0.25, 0.3) is 5.69 Å². The van der Waals surface area contributed by atoms with Crippen LogP contribution in [0.4, 0.5) is 16.0 Å². The Balaban J connectivity index is 1.70. The molecule has 1 saturated heterocycles. The number of benzene rings is 1. The number of rotatable bonds is 5. The molecule has 0 amide bonds. The molecule has 1 fully saturated rings. The van der Waals surface area contributed by atoms with Crippen LogP contribution >= 0.6 is 0 Å². The minimum absolute atomic E-state index is 0.104. The van der Waals surface area contributed by atoms with Crippen molar-refractivity contribution in [2.45, 2.75) is 19.4 Å². The highest BCUT2D eigenvalue weighted by Gasteiger charge is 2.21. The van der Waals surface area contributed by atoms with Crippen LogP contribution in [0.2, 0.25) is 0 Å². The molecule has 0 saturated carbocycles. The standard InChI is InChI=1S/C17H18FN7O3/c1-10-13(18)8-19-16(20-10)21-11-3-4-15(28-12-5-6-27-9-12)14(7-11)25-17(26)24(2)22-23-25/h3-4,7-8,12H,5-6,9H2,1-2H3,(H,19,20,21)/t12-/m1/s1. The number of aryl methyl sites for hydroxylation is 2. The molecular weight excluding hydrogens is 369 g/mol. The molecule has 0 aliphatic carbocycles. The molecule has 146 valence electrons. The van der Waals surface area contributed by atoms with E-state index in [-0.39, 0.29) is 17.7 Å². The van der Waals surface area contributed by atoms with Gasteiger partial charge in [0.1, 0.15) is 17.5 Å². The Morgan fingerprint density at radius 3 is 2.89 bits per heavy atom. The number of anilines is 2. The fraction of sp³-hybridized carbons (Fsp3) is 0.353. The van der Waals surface area contributed by atoms with E-state index in [1.54, 1.807) is 25.1 Å². The molecule has 0 spiro atoms. The lowest BCUT2D eigenvalue weighted by atomic mass is 10.2. The Kier molecular flexibility index (Phi) is 4.74. The average Bonchev–Trinajstić information content (AvgIpc) is 3.30. The Bertz CT molecular complexity index is 1060. The lowest BCUT2D eigenvalue weighted by Gasteiger charge is -2.16. The van der Waals surface area contributed by atoms with Gasteiger partial charge >= 0.3 is 5.69 Å². The van der Waals surface area contributed by atoms with Crippen molar-refractivity contribution in [3.05, 3.63) is 46.4 Å². The molecule has 0 unspecified atom stereocenters. The summed E-state index contributed by atoms with van der Waals surface area (Å²) in [5, 5.41) is 10.6. The van der Waals surface area contributed by atoms with Crippen molar-refractivity contribution in [3.63, 3.8) is 0 Å². The highest BCUT2D eigenvalue weighted by atomic mass is 19.1. The van der Waals surface area contributed by atoms with E-state index in [1.165, 1.54) is 7.05 Å². The SMILES string of the molecule is Cc1nc(Nc2ccc(O[C@@H]3CCOC3)c(-n3nnn(C)c3=O)c2)ncc1F. The van der Waals surface area contributed by atoms with Gasteiger partial charge in [0, 0.05) is 19.2 Å². The van der Waals surface area contributed by atoms with Gasteiger partial charge in [-0.1, -0.05) is 0 Å². The highest BCUT2D eigenvalue weighted by Crippen LogP contribution is 2.28. The molecule has 1 aromatic carbocycles. The van der Waals surface area contributed by atoms with Gasteiger partial charge in [-0.15, -0.1) is 0 Å². The van der Waals surface area contributed by atoms with Gasteiger partial charge in [0.25, 0.3) is 0 Å². The highest BCUT2D eigenvalue weighted by molar-refractivity contribution is 5.62. The molecule has 28 heavy (non-hydrogen) atoms. The van der Waals surface area contributed by atoms with Crippen molar-refractivity contribution in [1.29, 1.82) is 0 Å². The smallest absolute Gasteiger partial charge is 0.368 e. The molecule has 1 aliphatic heterocycles. The first kappa shape index (κ1) is 18.0. The van der Waals surface area contributed by atoms with E-state index < -0.39 is 11.5 Å². The molecule has 1 atom stereocenters. The van der Waals surface area contributed by atoms with Crippen LogP contribution in [-0.4, -0.2) is 49.1 Å². The number of ether oxygens (including phenoxy) is 2. The van der Waals surface area contributed by atoms with Crippen LogP contribution in [0, 0.1) is 12.7 Å². The van der Waals surface area contributed by atoms with Crippen molar-refractivity contribution in [3.8, 4) is 11.4 Å². The van der Waals surface area contributed by atoms with E-state index >= 15 is 0 Å². The van der Waals surface area contributed by atoms with Gasteiger partial charge in [-0.2, -0.15) is 9.36 Å². The van der Waals surface area contributed by atoms with Gasteiger partial charge in [-0.25, -0.2) is 19.2 Å². The molecule has 2 aromatic heterocycles. The maximum absolute atomic E-state index is 13.4. The number of nitrogens with one attached hydrogen (secondary N) is 1. The molecular formula is C17H18FN7O3. The fourth-order valence-corrected chi connectivity index (χ4v) is 2.75. The van der Waals surface area contributed by atoms with E-state index in [4.69, 9.17) is 9.47 Å². The Morgan fingerprint density at radius 1 is 1.36 bits per heavy atom. The topological polar surface area (TPSA) is 109 Å². The van der Waals surface area contributed by atoms with Crippen LogP contribution in [0.1, 0.15) is 12.1 Å². The predicted octanol–water partition coefficient (Wildman–Crippen LogP) is 1.11. The van der Waals surface area contributed by atoms with Crippen LogP contribution in [0.5, 0.6) is 5.75 Å². The third-order valence-corrected chi connectivity index (χ3v) is 4.27. The first-order valence-corrected chi connectivity index (χ1v) is 8.65. The minimum Gasteiger partial charge on any atom is -0.486 e. The second kappa shape index (κ2) is 7.35. The van der Waals surface area contributed by atoms with E-state index in [2.05, 4.69) is 25.7 Å². The summed E-state index contributed by atoms with van der Waals surface area (Å²) in [5.41, 5.74) is 0.796. The van der Waals surface area contributed by atoms with Gasteiger partial charge in [0.05, 0.1) is 25.1 Å². The summed E-state index contributed by atoms with van der Waals surface area (Å²) in [6, 6.07) is 5.13. The summed E-state index contributed by atoms with van der Waals surface area (Å²) in [4.78, 5) is 20.3. The van der Waals surface area contributed by atoms with Crippen molar-refractivity contribution >= 4 is 11.6 Å². The van der Waals surface area contributed by atoms with E-state index in [0.29, 0.717) is 30.3 Å². The quantitative estimate of drug-likeness (QED) is 0.694. The third kappa shape index (κ3) is 3.56. The summed E-state index contributed by atoms with van der Waals surface area (Å²) in [6.07, 6.45) is 1.75. The first-order chi connectivity index (χ1) is 13.5. The van der Waals surface area contributed by atoms with Gasteiger partial charge in [0.2, 0.25) is 5.95 Å². The van der Waals surface area contributed by atoms with Crippen molar-refractivity contribution in [2.75, 3.05) is 18.5 Å². The van der Waals surface area contributed by atoms with Crippen molar-refractivity contribution < 1.29 is 13.9 Å². The molecule has 1 N–H and O–H groups in total. The maximum atomic E-state index is 13.4. The van der Waals surface area contributed by atoms with Gasteiger partial charge < -0.3 is 14.8 Å². The van der Waals surface area contributed by atoms with E-state index in [0.717, 1.165) is 22.0 Å². The van der Waals surface area contributed by atoms with E-state index in [1.807, 2.05) is 0 Å². The Morgan fingerprint density at radius 2 is 2.21 bits per heavy atom. The zero-order chi connectivity index (χ0) is 19.7. The molecule has 11 heteroatoms. The zero-order valence-corrected chi connectivity index (χ0v) is 15.3. The van der Waals surface area contributed by atoms with Crippen molar-refractivity contribution in [1.82, 2.24) is 29.8 Å². The number of hydrogen-bond acceptors (Lipinski definition) is 8. The molecule has 0 bridgehead atoms. The molecule has 3 heterocycles. The zero-order valence-electron chi connectivity index (χ0n) is 15.3. The number of tetrazole rings is 1. The Hall–Kier alpha value is -3.34. The molecule has 3 aromatic rings. The summed E-state index contributed by atoms with van der Waals surface area (Å²) >= 11 is 0. The fourth-order valence-electron chi connectivity index (χ4n) is 2.75. The number of hydrogen-bond donors (Lipinski definition) is 1. The maximum Gasteiger partial charge on any atom is 0.368 e. The van der Waals surface area contributed by atoms with Gasteiger partial charge in [-0.05, 0) is 35.5 Å². The molecule has 4 rings (SSSR count). The van der Waals surface area contributed by atoms with Crippen molar-refractivity contribution in [2.24, 2.45) is 7.05 Å². The van der Waals surface area contributed by atoms with Crippen LogP contribution in [0.3, 0.4) is 0 Å².